The summed E-state index contributed by atoms with van der Waals surface area (Å²) in [6.45, 7) is 6.17. The fourth-order valence-electron chi connectivity index (χ4n) is 3.58. The standard InChI is InChI=1S/C24H21ClN2O4S/c1-4-31-18-11-7-15(8-12-18)20-19(21(28)16-5-9-17(25)10-6-16)22(29)23(30)27(20)24-26-13(2)14(3)32-24/h5-12,20,28H,4H2,1-3H3/b21-19+. The number of ether oxygens (including phenoxy) is 1. The van der Waals surface area contributed by atoms with Gasteiger partial charge in [-0.3, -0.25) is 14.5 Å². The number of carbonyl (C=O) groups is 2. The number of benzene rings is 2. The zero-order valence-corrected chi connectivity index (χ0v) is 19.3. The van der Waals surface area contributed by atoms with Gasteiger partial charge in [0.25, 0.3) is 5.78 Å². The number of ketones is 1. The second kappa shape index (κ2) is 8.76. The fraction of sp³-hybridized carbons (Fsp3) is 0.208. The minimum atomic E-state index is -0.827. The van der Waals surface area contributed by atoms with E-state index in [4.69, 9.17) is 16.3 Å². The predicted octanol–water partition coefficient (Wildman–Crippen LogP) is 5.44. The summed E-state index contributed by atoms with van der Waals surface area (Å²) < 4.78 is 5.52. The molecule has 0 aliphatic carbocycles. The van der Waals surface area contributed by atoms with Crippen LogP contribution in [-0.4, -0.2) is 28.4 Å². The summed E-state index contributed by atoms with van der Waals surface area (Å²) in [7, 11) is 0. The van der Waals surface area contributed by atoms with E-state index in [1.54, 1.807) is 48.5 Å². The highest BCUT2D eigenvalue weighted by Gasteiger charge is 2.48. The van der Waals surface area contributed by atoms with Crippen LogP contribution in [0.3, 0.4) is 0 Å². The number of amides is 1. The highest BCUT2D eigenvalue weighted by Crippen LogP contribution is 2.44. The number of anilines is 1. The first-order valence-electron chi connectivity index (χ1n) is 10.1. The average molecular weight is 469 g/mol. The number of aliphatic hydroxyl groups is 1. The van der Waals surface area contributed by atoms with Gasteiger partial charge in [-0.25, -0.2) is 4.98 Å². The zero-order chi connectivity index (χ0) is 23.0. The molecule has 0 radical (unpaired) electrons. The third kappa shape index (κ3) is 3.89. The Bertz CT molecular complexity index is 1200. The Kier molecular flexibility index (Phi) is 6.04. The summed E-state index contributed by atoms with van der Waals surface area (Å²) in [4.78, 5) is 33.1. The van der Waals surface area contributed by atoms with E-state index in [0.717, 1.165) is 10.6 Å². The number of halogens is 1. The molecule has 1 aromatic heterocycles. The van der Waals surface area contributed by atoms with E-state index in [1.165, 1.54) is 16.2 Å². The fourth-order valence-corrected chi connectivity index (χ4v) is 4.64. The van der Waals surface area contributed by atoms with Gasteiger partial charge in [0.2, 0.25) is 0 Å². The molecule has 1 amide bonds. The van der Waals surface area contributed by atoms with Crippen molar-refractivity contribution in [1.82, 2.24) is 4.98 Å². The Morgan fingerprint density at radius 2 is 1.78 bits per heavy atom. The van der Waals surface area contributed by atoms with Crippen LogP contribution in [0.1, 0.15) is 34.7 Å². The molecule has 6 nitrogen and oxygen atoms in total. The van der Waals surface area contributed by atoms with Crippen molar-refractivity contribution in [2.75, 3.05) is 11.5 Å². The highest BCUT2D eigenvalue weighted by molar-refractivity contribution is 7.16. The van der Waals surface area contributed by atoms with Crippen molar-refractivity contribution in [2.45, 2.75) is 26.8 Å². The van der Waals surface area contributed by atoms with E-state index in [-0.39, 0.29) is 11.3 Å². The van der Waals surface area contributed by atoms with Gasteiger partial charge in [-0.1, -0.05) is 23.7 Å². The van der Waals surface area contributed by atoms with Crippen LogP contribution in [0.4, 0.5) is 5.13 Å². The topological polar surface area (TPSA) is 79.7 Å². The second-order valence-corrected chi connectivity index (χ2v) is 8.93. The van der Waals surface area contributed by atoms with Gasteiger partial charge in [-0.2, -0.15) is 0 Å². The Morgan fingerprint density at radius 1 is 1.12 bits per heavy atom. The lowest BCUT2D eigenvalue weighted by molar-refractivity contribution is -0.132. The maximum Gasteiger partial charge on any atom is 0.301 e. The predicted molar refractivity (Wildman–Crippen MR) is 125 cm³/mol. The van der Waals surface area contributed by atoms with Crippen molar-refractivity contribution in [2.24, 2.45) is 0 Å². The van der Waals surface area contributed by atoms with Crippen LogP contribution in [0.15, 0.2) is 54.1 Å². The van der Waals surface area contributed by atoms with Crippen LogP contribution in [-0.2, 0) is 9.59 Å². The number of hydrogen-bond donors (Lipinski definition) is 1. The van der Waals surface area contributed by atoms with Gasteiger partial charge in [0.15, 0.2) is 5.13 Å². The number of nitrogens with zero attached hydrogens (tertiary/aromatic N) is 2. The molecule has 164 valence electrons. The number of aliphatic hydroxyl groups excluding tert-OH is 1. The van der Waals surface area contributed by atoms with Gasteiger partial charge in [0.05, 0.1) is 23.9 Å². The molecule has 4 rings (SSSR count). The maximum absolute atomic E-state index is 13.1. The first kappa shape index (κ1) is 22.0. The first-order chi connectivity index (χ1) is 15.3. The molecule has 1 N–H and O–H groups in total. The van der Waals surface area contributed by atoms with Crippen LogP contribution >= 0.6 is 22.9 Å². The average Bonchev–Trinajstić information content (AvgIpc) is 3.24. The summed E-state index contributed by atoms with van der Waals surface area (Å²) in [5, 5.41) is 12.0. The molecular formula is C24H21ClN2O4S. The summed E-state index contributed by atoms with van der Waals surface area (Å²) in [6, 6.07) is 12.8. The molecule has 1 aliphatic rings. The summed E-state index contributed by atoms with van der Waals surface area (Å²) in [5.74, 6) is -1.08. The van der Waals surface area contributed by atoms with Gasteiger partial charge in [-0.05, 0) is 62.7 Å². The lowest BCUT2D eigenvalue weighted by Crippen LogP contribution is -2.29. The van der Waals surface area contributed by atoms with E-state index < -0.39 is 17.7 Å². The Hall–Kier alpha value is -3.16. The molecule has 0 bridgehead atoms. The minimum Gasteiger partial charge on any atom is -0.507 e. The molecule has 1 atom stereocenters. The van der Waals surface area contributed by atoms with E-state index in [9.17, 15) is 14.7 Å². The molecule has 1 saturated heterocycles. The first-order valence-corrected chi connectivity index (χ1v) is 11.2. The number of aromatic nitrogens is 1. The molecule has 1 aliphatic heterocycles. The quantitative estimate of drug-likeness (QED) is 0.306. The van der Waals surface area contributed by atoms with Crippen molar-refractivity contribution in [3.63, 3.8) is 0 Å². The van der Waals surface area contributed by atoms with Crippen molar-refractivity contribution in [3.8, 4) is 5.75 Å². The largest absolute Gasteiger partial charge is 0.507 e. The molecule has 1 unspecified atom stereocenters. The monoisotopic (exact) mass is 468 g/mol. The summed E-state index contributed by atoms with van der Waals surface area (Å²) in [5.41, 5.74) is 1.85. The van der Waals surface area contributed by atoms with Crippen molar-refractivity contribution in [3.05, 3.63) is 80.8 Å². The molecule has 1 fully saturated rings. The second-order valence-electron chi connectivity index (χ2n) is 7.32. The van der Waals surface area contributed by atoms with Crippen LogP contribution in [0.25, 0.3) is 5.76 Å². The maximum atomic E-state index is 13.1. The lowest BCUT2D eigenvalue weighted by Gasteiger charge is -2.23. The molecule has 0 saturated carbocycles. The van der Waals surface area contributed by atoms with Crippen molar-refractivity contribution >= 4 is 45.5 Å². The molecule has 8 heteroatoms. The van der Waals surface area contributed by atoms with Crippen LogP contribution in [0.2, 0.25) is 5.02 Å². The normalized spacial score (nSPS) is 17.8. The molecule has 2 heterocycles. The van der Waals surface area contributed by atoms with Gasteiger partial charge in [0.1, 0.15) is 11.5 Å². The van der Waals surface area contributed by atoms with Crippen LogP contribution in [0, 0.1) is 13.8 Å². The molecular weight excluding hydrogens is 448 g/mol. The molecule has 2 aromatic carbocycles. The number of Topliss-reactive ketones (excluding diaryl/α,β-unsaturated/α-hetero) is 1. The molecule has 0 spiro atoms. The number of hydrogen-bond acceptors (Lipinski definition) is 6. The van der Waals surface area contributed by atoms with Gasteiger partial charge < -0.3 is 9.84 Å². The van der Waals surface area contributed by atoms with Crippen molar-refractivity contribution < 1.29 is 19.4 Å². The highest BCUT2D eigenvalue weighted by atomic mass is 35.5. The SMILES string of the molecule is CCOc1ccc(C2/C(=C(\O)c3ccc(Cl)cc3)C(=O)C(=O)N2c2nc(C)c(C)s2)cc1. The van der Waals surface area contributed by atoms with E-state index in [0.29, 0.717) is 33.6 Å². The minimum absolute atomic E-state index is 0.00647. The smallest absolute Gasteiger partial charge is 0.301 e. The third-order valence-corrected chi connectivity index (χ3v) is 6.62. The Balaban J connectivity index is 1.90. The lowest BCUT2D eigenvalue weighted by atomic mass is 9.95. The molecule has 32 heavy (non-hydrogen) atoms. The Morgan fingerprint density at radius 3 is 2.34 bits per heavy atom. The van der Waals surface area contributed by atoms with E-state index >= 15 is 0 Å². The number of thiazole rings is 1. The van der Waals surface area contributed by atoms with Gasteiger partial charge >= 0.3 is 5.91 Å². The third-order valence-electron chi connectivity index (χ3n) is 5.29. The number of aryl methyl sites for hydroxylation is 2. The summed E-state index contributed by atoms with van der Waals surface area (Å²) in [6.07, 6.45) is 0. The number of carbonyl (C=O) groups excluding carboxylic acids is 2. The Labute approximate surface area is 194 Å². The number of rotatable bonds is 5. The zero-order valence-electron chi connectivity index (χ0n) is 17.8. The molecule has 3 aromatic rings. The summed E-state index contributed by atoms with van der Waals surface area (Å²) >= 11 is 7.30. The van der Waals surface area contributed by atoms with Gasteiger partial charge in [0, 0.05) is 15.5 Å². The van der Waals surface area contributed by atoms with Crippen LogP contribution < -0.4 is 9.64 Å². The van der Waals surface area contributed by atoms with E-state index in [1.807, 2.05) is 20.8 Å². The van der Waals surface area contributed by atoms with Crippen molar-refractivity contribution in [1.29, 1.82) is 0 Å². The van der Waals surface area contributed by atoms with E-state index in [2.05, 4.69) is 4.98 Å². The van der Waals surface area contributed by atoms with Crippen LogP contribution in [0.5, 0.6) is 5.75 Å². The van der Waals surface area contributed by atoms with Gasteiger partial charge in [-0.15, -0.1) is 11.3 Å².